The molecule has 0 aliphatic heterocycles. The van der Waals surface area contributed by atoms with E-state index in [2.05, 4.69) is 10.0 Å². The van der Waals surface area contributed by atoms with Crippen LogP contribution in [-0.4, -0.2) is 27.5 Å². The van der Waals surface area contributed by atoms with E-state index >= 15 is 0 Å². The number of amides is 1. The molecule has 0 radical (unpaired) electrons. The molecule has 2 aromatic carbocycles. The zero-order valence-electron chi connectivity index (χ0n) is 15.3. The number of rotatable bonds is 9. The monoisotopic (exact) mass is 394 g/mol. The van der Waals surface area contributed by atoms with Crippen LogP contribution in [0.15, 0.2) is 47.4 Å². The first-order chi connectivity index (χ1) is 12.8. The first-order valence-electron chi connectivity index (χ1n) is 8.56. The molecule has 0 atom stereocenters. The molecule has 146 valence electrons. The molecule has 1 amide bonds. The van der Waals surface area contributed by atoms with Crippen molar-refractivity contribution in [2.45, 2.75) is 31.7 Å². The molecule has 0 heterocycles. The van der Waals surface area contributed by atoms with Gasteiger partial charge in [-0.1, -0.05) is 19.1 Å². The van der Waals surface area contributed by atoms with Gasteiger partial charge >= 0.3 is 0 Å². The first kappa shape index (κ1) is 20.9. The number of halogens is 1. The highest BCUT2D eigenvalue weighted by molar-refractivity contribution is 7.89. The van der Waals surface area contributed by atoms with Crippen LogP contribution in [0.3, 0.4) is 0 Å². The second kappa shape index (κ2) is 9.48. The molecule has 2 rings (SSSR count). The summed E-state index contributed by atoms with van der Waals surface area (Å²) in [5, 5.41) is 2.67. The first-order valence-corrected chi connectivity index (χ1v) is 10.0. The standard InChI is InChI=1S/C19H23FN2O4S/c1-3-10-22-27(24,25)17-8-9-18(14(2)11-17)26-13-19(23)21-12-15-4-6-16(20)7-5-15/h4-9,11,22H,3,10,12-13H2,1-2H3,(H,21,23). The lowest BCUT2D eigenvalue weighted by atomic mass is 10.2. The minimum Gasteiger partial charge on any atom is -0.484 e. The van der Waals surface area contributed by atoms with E-state index in [-0.39, 0.29) is 29.8 Å². The molecule has 2 N–H and O–H groups in total. The topological polar surface area (TPSA) is 84.5 Å². The summed E-state index contributed by atoms with van der Waals surface area (Å²) in [5.41, 5.74) is 1.38. The van der Waals surface area contributed by atoms with Gasteiger partial charge in [0.1, 0.15) is 11.6 Å². The Morgan fingerprint density at radius 2 is 1.85 bits per heavy atom. The molecule has 0 unspecified atom stereocenters. The molecule has 8 heteroatoms. The van der Waals surface area contributed by atoms with Crippen LogP contribution < -0.4 is 14.8 Å². The van der Waals surface area contributed by atoms with Gasteiger partial charge in [0.15, 0.2) is 6.61 Å². The lowest BCUT2D eigenvalue weighted by Gasteiger charge is -2.12. The number of ether oxygens (including phenoxy) is 1. The van der Waals surface area contributed by atoms with Gasteiger partial charge in [-0.3, -0.25) is 4.79 Å². The lowest BCUT2D eigenvalue weighted by molar-refractivity contribution is -0.123. The molecule has 6 nitrogen and oxygen atoms in total. The van der Waals surface area contributed by atoms with Crippen molar-refractivity contribution in [2.24, 2.45) is 0 Å². The maximum absolute atomic E-state index is 12.8. The largest absolute Gasteiger partial charge is 0.484 e. The van der Waals surface area contributed by atoms with Gasteiger partial charge in [0.25, 0.3) is 5.91 Å². The van der Waals surface area contributed by atoms with E-state index < -0.39 is 10.0 Å². The summed E-state index contributed by atoms with van der Waals surface area (Å²) in [4.78, 5) is 12.1. The quantitative estimate of drug-likeness (QED) is 0.685. The van der Waals surface area contributed by atoms with Gasteiger partial charge in [0.2, 0.25) is 10.0 Å². The van der Waals surface area contributed by atoms with E-state index in [9.17, 15) is 17.6 Å². The molecule has 27 heavy (non-hydrogen) atoms. The minimum atomic E-state index is -3.55. The summed E-state index contributed by atoms with van der Waals surface area (Å²) in [7, 11) is -3.55. The second-order valence-electron chi connectivity index (χ2n) is 6.02. The van der Waals surface area contributed by atoms with Crippen molar-refractivity contribution in [1.82, 2.24) is 10.0 Å². The third kappa shape index (κ3) is 6.33. The summed E-state index contributed by atoms with van der Waals surface area (Å²) in [6, 6.07) is 10.3. The van der Waals surface area contributed by atoms with E-state index in [1.165, 1.54) is 30.3 Å². The van der Waals surface area contributed by atoms with E-state index in [1.807, 2.05) is 6.92 Å². The smallest absolute Gasteiger partial charge is 0.258 e. The molecule has 2 aromatic rings. The maximum atomic E-state index is 12.8. The Morgan fingerprint density at radius 3 is 2.48 bits per heavy atom. The fraction of sp³-hybridized carbons (Fsp3) is 0.316. The van der Waals surface area contributed by atoms with Crippen LogP contribution in [0.5, 0.6) is 5.75 Å². The summed E-state index contributed by atoms with van der Waals surface area (Å²) < 4.78 is 45.1. The molecule has 0 aliphatic rings. The number of aryl methyl sites for hydroxylation is 1. The Kier molecular flexibility index (Phi) is 7.32. The molecular formula is C19H23FN2O4S. The van der Waals surface area contributed by atoms with Crippen LogP contribution in [0, 0.1) is 12.7 Å². The molecule has 0 aliphatic carbocycles. The lowest BCUT2D eigenvalue weighted by Crippen LogP contribution is -2.28. The van der Waals surface area contributed by atoms with Crippen molar-refractivity contribution < 1.29 is 22.3 Å². The number of nitrogens with one attached hydrogen (secondary N) is 2. The Bertz CT molecular complexity index is 883. The van der Waals surface area contributed by atoms with E-state index in [4.69, 9.17) is 4.74 Å². The van der Waals surface area contributed by atoms with Crippen molar-refractivity contribution >= 4 is 15.9 Å². The maximum Gasteiger partial charge on any atom is 0.258 e. The number of carbonyl (C=O) groups excluding carboxylic acids is 1. The summed E-state index contributed by atoms with van der Waals surface area (Å²) in [6.07, 6.45) is 0.701. The van der Waals surface area contributed by atoms with Gasteiger partial charge in [-0.2, -0.15) is 0 Å². The molecule has 0 aromatic heterocycles. The molecule has 0 bridgehead atoms. The van der Waals surface area contributed by atoms with Gasteiger partial charge in [-0.15, -0.1) is 0 Å². The van der Waals surface area contributed by atoms with Crippen LogP contribution in [0.25, 0.3) is 0 Å². The predicted octanol–water partition coefficient (Wildman–Crippen LogP) is 2.52. The summed E-state index contributed by atoms with van der Waals surface area (Å²) in [5.74, 6) is -0.236. The van der Waals surface area contributed by atoms with Gasteiger partial charge in [0.05, 0.1) is 4.90 Å². The molecule has 0 fully saturated rings. The zero-order valence-corrected chi connectivity index (χ0v) is 16.1. The minimum absolute atomic E-state index is 0.154. The fourth-order valence-electron chi connectivity index (χ4n) is 2.27. The highest BCUT2D eigenvalue weighted by atomic mass is 32.2. The zero-order chi connectivity index (χ0) is 19.9. The van der Waals surface area contributed by atoms with Crippen molar-refractivity contribution in [2.75, 3.05) is 13.2 Å². The molecule has 0 saturated carbocycles. The molecule has 0 saturated heterocycles. The molecule has 0 spiro atoms. The highest BCUT2D eigenvalue weighted by Crippen LogP contribution is 2.21. The van der Waals surface area contributed by atoms with Gasteiger partial charge in [0, 0.05) is 13.1 Å². The van der Waals surface area contributed by atoms with Crippen LogP contribution >= 0.6 is 0 Å². The van der Waals surface area contributed by atoms with Gasteiger partial charge in [-0.25, -0.2) is 17.5 Å². The Hall–Kier alpha value is -2.45. The number of hydrogen-bond acceptors (Lipinski definition) is 4. The SMILES string of the molecule is CCCNS(=O)(=O)c1ccc(OCC(=O)NCc2ccc(F)cc2)c(C)c1. The van der Waals surface area contributed by atoms with E-state index in [1.54, 1.807) is 19.1 Å². The van der Waals surface area contributed by atoms with Crippen LogP contribution in [0.4, 0.5) is 4.39 Å². The number of benzene rings is 2. The van der Waals surface area contributed by atoms with Crippen molar-refractivity contribution in [3.05, 3.63) is 59.4 Å². The summed E-state index contributed by atoms with van der Waals surface area (Å²) in [6.45, 7) is 4.02. The molecular weight excluding hydrogens is 371 g/mol. The summed E-state index contributed by atoms with van der Waals surface area (Å²) >= 11 is 0. The second-order valence-corrected chi connectivity index (χ2v) is 7.78. The fourth-order valence-corrected chi connectivity index (χ4v) is 3.49. The Labute approximate surface area is 158 Å². The Balaban J connectivity index is 1.89. The normalized spacial score (nSPS) is 11.2. The number of sulfonamides is 1. The van der Waals surface area contributed by atoms with Gasteiger partial charge in [-0.05, 0) is 54.8 Å². The van der Waals surface area contributed by atoms with Crippen LogP contribution in [0.2, 0.25) is 0 Å². The van der Waals surface area contributed by atoms with Gasteiger partial charge < -0.3 is 10.1 Å². The Morgan fingerprint density at radius 1 is 1.15 bits per heavy atom. The third-order valence-electron chi connectivity index (χ3n) is 3.76. The number of hydrogen-bond donors (Lipinski definition) is 2. The van der Waals surface area contributed by atoms with Crippen molar-refractivity contribution in [1.29, 1.82) is 0 Å². The van der Waals surface area contributed by atoms with Crippen molar-refractivity contribution in [3.63, 3.8) is 0 Å². The van der Waals surface area contributed by atoms with Crippen molar-refractivity contribution in [3.8, 4) is 5.75 Å². The number of carbonyl (C=O) groups is 1. The van der Waals surface area contributed by atoms with E-state index in [0.717, 1.165) is 5.56 Å². The van der Waals surface area contributed by atoms with Crippen LogP contribution in [-0.2, 0) is 21.4 Å². The average molecular weight is 394 g/mol. The predicted molar refractivity (Wildman–Crippen MR) is 100 cm³/mol. The van der Waals surface area contributed by atoms with Crippen LogP contribution in [0.1, 0.15) is 24.5 Å². The average Bonchev–Trinajstić information content (AvgIpc) is 2.65. The highest BCUT2D eigenvalue weighted by Gasteiger charge is 2.15. The van der Waals surface area contributed by atoms with E-state index in [0.29, 0.717) is 24.3 Å². The third-order valence-corrected chi connectivity index (χ3v) is 5.22.